The van der Waals surface area contributed by atoms with E-state index in [1.54, 1.807) is 6.08 Å². The highest BCUT2D eigenvalue weighted by Crippen LogP contribution is 2.23. The maximum absolute atomic E-state index is 13.0. The lowest BCUT2D eigenvalue weighted by Gasteiger charge is -2.40. The van der Waals surface area contributed by atoms with Crippen LogP contribution in [0.15, 0.2) is 48.6 Å². The molecule has 9 nitrogen and oxygen atoms in total. The second kappa shape index (κ2) is 46.9. The van der Waals surface area contributed by atoms with Crippen molar-refractivity contribution < 1.29 is 39.8 Å². The van der Waals surface area contributed by atoms with Gasteiger partial charge in [0.1, 0.15) is 24.4 Å². The topological polar surface area (TPSA) is 149 Å². The molecule has 66 heavy (non-hydrogen) atoms. The Morgan fingerprint density at radius 2 is 0.939 bits per heavy atom. The number of unbranched alkanes of at least 4 members (excludes halogenated alkanes) is 31. The van der Waals surface area contributed by atoms with Gasteiger partial charge in [0.25, 0.3) is 0 Å². The van der Waals surface area contributed by atoms with Crippen LogP contribution in [-0.4, -0.2) is 87.5 Å². The fourth-order valence-corrected chi connectivity index (χ4v) is 8.76. The average Bonchev–Trinajstić information content (AvgIpc) is 3.32. The molecular formula is C57H105NO8. The molecule has 6 N–H and O–H groups in total. The Morgan fingerprint density at radius 1 is 0.530 bits per heavy atom. The zero-order chi connectivity index (χ0) is 48.0. The van der Waals surface area contributed by atoms with Crippen molar-refractivity contribution in [2.75, 3.05) is 13.2 Å². The van der Waals surface area contributed by atoms with E-state index < -0.39 is 49.5 Å². The quantitative estimate of drug-likeness (QED) is 0.0261. The van der Waals surface area contributed by atoms with Gasteiger partial charge in [-0.1, -0.05) is 242 Å². The zero-order valence-corrected chi connectivity index (χ0v) is 42.7. The number of aliphatic hydroxyl groups is 5. The third-order valence-corrected chi connectivity index (χ3v) is 13.2. The summed E-state index contributed by atoms with van der Waals surface area (Å²) >= 11 is 0. The highest BCUT2D eigenvalue weighted by Gasteiger charge is 2.44. The van der Waals surface area contributed by atoms with E-state index in [1.165, 1.54) is 167 Å². The Hall–Kier alpha value is -1.85. The molecule has 0 aliphatic carbocycles. The molecule has 7 unspecified atom stereocenters. The summed E-state index contributed by atoms with van der Waals surface area (Å²) < 4.78 is 11.2. The van der Waals surface area contributed by atoms with E-state index in [4.69, 9.17) is 9.47 Å². The summed E-state index contributed by atoms with van der Waals surface area (Å²) in [5.41, 5.74) is 0. The van der Waals surface area contributed by atoms with Gasteiger partial charge in [0, 0.05) is 6.42 Å². The van der Waals surface area contributed by atoms with Gasteiger partial charge >= 0.3 is 0 Å². The first-order chi connectivity index (χ1) is 32.3. The van der Waals surface area contributed by atoms with Crippen LogP contribution in [0.4, 0.5) is 0 Å². The predicted molar refractivity (Wildman–Crippen MR) is 276 cm³/mol. The molecule has 1 heterocycles. The third kappa shape index (κ3) is 36.2. The van der Waals surface area contributed by atoms with Crippen LogP contribution >= 0.6 is 0 Å². The highest BCUT2D eigenvalue weighted by molar-refractivity contribution is 5.76. The number of hydrogen-bond acceptors (Lipinski definition) is 8. The molecule has 0 saturated carbocycles. The monoisotopic (exact) mass is 932 g/mol. The van der Waals surface area contributed by atoms with Gasteiger partial charge in [0.15, 0.2) is 6.29 Å². The van der Waals surface area contributed by atoms with E-state index in [2.05, 4.69) is 55.6 Å². The zero-order valence-electron chi connectivity index (χ0n) is 42.7. The minimum absolute atomic E-state index is 0.201. The molecule has 0 bridgehead atoms. The fraction of sp³-hybridized carbons (Fsp3) is 0.842. The Balaban J connectivity index is 2.18. The minimum Gasteiger partial charge on any atom is -0.394 e. The lowest BCUT2D eigenvalue weighted by atomic mass is 9.99. The van der Waals surface area contributed by atoms with Crippen molar-refractivity contribution in [1.82, 2.24) is 5.32 Å². The van der Waals surface area contributed by atoms with Crippen LogP contribution in [0.25, 0.3) is 0 Å². The number of nitrogens with one attached hydrogen (secondary N) is 1. The fourth-order valence-electron chi connectivity index (χ4n) is 8.76. The number of ether oxygens (including phenoxy) is 2. The number of allylic oxidation sites excluding steroid dienone is 7. The Morgan fingerprint density at radius 3 is 1.39 bits per heavy atom. The van der Waals surface area contributed by atoms with Gasteiger partial charge in [-0.05, 0) is 51.4 Å². The minimum atomic E-state index is -1.57. The average molecular weight is 932 g/mol. The van der Waals surface area contributed by atoms with E-state index in [0.29, 0.717) is 6.42 Å². The van der Waals surface area contributed by atoms with Gasteiger partial charge in [-0.15, -0.1) is 0 Å². The second-order valence-electron chi connectivity index (χ2n) is 19.4. The molecule has 0 aromatic heterocycles. The second-order valence-corrected chi connectivity index (χ2v) is 19.4. The van der Waals surface area contributed by atoms with Crippen LogP contribution in [0.5, 0.6) is 0 Å². The van der Waals surface area contributed by atoms with Gasteiger partial charge in [-0.3, -0.25) is 4.79 Å². The van der Waals surface area contributed by atoms with Crippen molar-refractivity contribution >= 4 is 5.91 Å². The van der Waals surface area contributed by atoms with Crippen molar-refractivity contribution in [2.24, 2.45) is 0 Å². The van der Waals surface area contributed by atoms with Crippen molar-refractivity contribution in [3.8, 4) is 0 Å². The Bertz CT molecular complexity index is 1170. The summed E-state index contributed by atoms with van der Waals surface area (Å²) in [7, 11) is 0. The molecule has 0 aromatic rings. The summed E-state index contributed by atoms with van der Waals surface area (Å²) in [5, 5.41) is 54.3. The molecule has 1 rings (SSSR count). The molecule has 1 aliphatic rings. The standard InChI is InChI=1S/C57H105NO8/c1-3-5-7-9-11-13-15-17-18-19-20-21-22-23-24-25-26-27-28-29-30-31-32-33-35-36-38-40-42-44-46-51(60)50(49-65-57-56(64)55(63)54(62)52(48-59)66-57)58-53(61)47-45-43-41-39-37-34-16-14-12-10-8-6-4-2/h6,8,12,14,34,37,44,46,50-52,54-57,59-60,62-64H,3-5,7,9-11,13,15-33,35-36,38-43,45,47-49H2,1-2H3,(H,58,61)/b8-6-,14-12-,37-34-,46-44+. The molecule has 0 spiro atoms. The smallest absolute Gasteiger partial charge is 0.220 e. The van der Waals surface area contributed by atoms with Gasteiger partial charge in [0.2, 0.25) is 5.91 Å². The maximum Gasteiger partial charge on any atom is 0.220 e. The number of carbonyl (C=O) groups is 1. The molecule has 0 radical (unpaired) electrons. The number of aliphatic hydroxyl groups excluding tert-OH is 5. The third-order valence-electron chi connectivity index (χ3n) is 13.2. The van der Waals surface area contributed by atoms with Crippen LogP contribution in [0.1, 0.15) is 251 Å². The van der Waals surface area contributed by atoms with Crippen molar-refractivity contribution in [3.05, 3.63) is 48.6 Å². The number of hydrogen-bond donors (Lipinski definition) is 6. The summed E-state index contributed by atoms with van der Waals surface area (Å²) in [4.78, 5) is 13.0. The first-order valence-electron chi connectivity index (χ1n) is 27.9. The normalized spacial score (nSPS) is 20.1. The van der Waals surface area contributed by atoms with Crippen LogP contribution in [0.2, 0.25) is 0 Å². The van der Waals surface area contributed by atoms with Gasteiger partial charge < -0.3 is 40.3 Å². The van der Waals surface area contributed by atoms with Crippen LogP contribution in [0, 0.1) is 0 Å². The van der Waals surface area contributed by atoms with Crippen LogP contribution in [0.3, 0.4) is 0 Å². The first-order valence-corrected chi connectivity index (χ1v) is 27.9. The number of rotatable bonds is 47. The SMILES string of the molecule is CC/C=C\C/C=C\C/C=C\CCCCCC(=O)NC(COC1OC(CO)C(O)C(O)C1O)C(O)/C=C/CCCCCCCCCCCCCCCCCCCCCCCCCCCCCC. The van der Waals surface area contributed by atoms with Crippen molar-refractivity contribution in [1.29, 1.82) is 0 Å². The number of carbonyl (C=O) groups excluding carboxylic acids is 1. The highest BCUT2D eigenvalue weighted by atomic mass is 16.7. The lowest BCUT2D eigenvalue weighted by Crippen LogP contribution is -2.60. The first kappa shape index (κ1) is 62.2. The molecule has 1 saturated heterocycles. The van der Waals surface area contributed by atoms with E-state index in [1.807, 2.05) is 6.08 Å². The largest absolute Gasteiger partial charge is 0.394 e. The van der Waals surface area contributed by atoms with Crippen molar-refractivity contribution in [3.63, 3.8) is 0 Å². The molecule has 1 amide bonds. The molecule has 7 atom stereocenters. The van der Waals surface area contributed by atoms with E-state index >= 15 is 0 Å². The Kier molecular flexibility index (Phi) is 44.1. The lowest BCUT2D eigenvalue weighted by molar-refractivity contribution is -0.302. The summed E-state index contributed by atoms with van der Waals surface area (Å²) in [5.74, 6) is -0.205. The summed E-state index contributed by atoms with van der Waals surface area (Å²) in [6, 6.07) is -0.821. The van der Waals surface area contributed by atoms with Crippen LogP contribution < -0.4 is 5.32 Å². The molecule has 0 aromatic carbocycles. The van der Waals surface area contributed by atoms with Gasteiger partial charge in [-0.2, -0.15) is 0 Å². The van der Waals surface area contributed by atoms with Gasteiger partial charge in [0.05, 0.1) is 25.4 Å². The van der Waals surface area contributed by atoms with E-state index in [9.17, 15) is 30.3 Å². The Labute approximate surface area is 405 Å². The molecule has 1 aliphatic heterocycles. The van der Waals surface area contributed by atoms with Crippen LogP contribution in [-0.2, 0) is 14.3 Å². The van der Waals surface area contributed by atoms with E-state index in [0.717, 1.165) is 64.2 Å². The molecule has 386 valence electrons. The maximum atomic E-state index is 13.0. The summed E-state index contributed by atoms with van der Waals surface area (Å²) in [6.45, 7) is 3.66. The summed E-state index contributed by atoms with van der Waals surface area (Å²) in [6.07, 6.45) is 54.8. The molecular weight excluding hydrogens is 827 g/mol. The van der Waals surface area contributed by atoms with E-state index in [-0.39, 0.29) is 12.5 Å². The molecule has 9 heteroatoms. The predicted octanol–water partition coefficient (Wildman–Crippen LogP) is 13.3. The van der Waals surface area contributed by atoms with Gasteiger partial charge in [-0.25, -0.2) is 0 Å². The molecule has 1 fully saturated rings. The number of amides is 1. The van der Waals surface area contributed by atoms with Crippen molar-refractivity contribution in [2.45, 2.75) is 294 Å².